The molecular weight excluding hydrogens is 332 g/mol. The van der Waals surface area contributed by atoms with E-state index in [1.165, 1.54) is 33.6 Å². The van der Waals surface area contributed by atoms with Gasteiger partial charge in [0.1, 0.15) is 17.1 Å². The standard InChI is InChI=1S/C24H29N2O/c1-16-20(27-7)14-13-19-21(16)26-22(24(4,5)23(19,2)3)18(15-25(26)6)17-11-9-8-10-12-17/h8-15H,1-7H3/q+1. The number of rotatable bonds is 2. The highest BCUT2D eigenvalue weighted by molar-refractivity contribution is 5.71. The van der Waals surface area contributed by atoms with Gasteiger partial charge in [-0.25, -0.2) is 0 Å². The highest BCUT2D eigenvalue weighted by Gasteiger charge is 2.51. The van der Waals surface area contributed by atoms with Gasteiger partial charge in [0.15, 0.2) is 7.05 Å². The first-order valence-electron chi connectivity index (χ1n) is 9.58. The smallest absolute Gasteiger partial charge is 0.203 e. The van der Waals surface area contributed by atoms with Crippen LogP contribution in [-0.4, -0.2) is 11.8 Å². The van der Waals surface area contributed by atoms with Crippen molar-refractivity contribution in [1.82, 2.24) is 4.68 Å². The van der Waals surface area contributed by atoms with Gasteiger partial charge in [0.05, 0.1) is 12.7 Å². The molecule has 1 aliphatic rings. The molecule has 0 N–H and O–H groups in total. The average molecular weight is 362 g/mol. The Kier molecular flexibility index (Phi) is 3.78. The maximum absolute atomic E-state index is 5.65. The molecule has 27 heavy (non-hydrogen) atoms. The van der Waals surface area contributed by atoms with Crippen molar-refractivity contribution in [3.05, 3.63) is 65.5 Å². The Morgan fingerprint density at radius 3 is 2.22 bits per heavy atom. The van der Waals surface area contributed by atoms with Crippen LogP contribution in [-0.2, 0) is 17.9 Å². The van der Waals surface area contributed by atoms with Crippen molar-refractivity contribution >= 4 is 0 Å². The van der Waals surface area contributed by atoms with Crippen molar-refractivity contribution in [2.75, 3.05) is 7.11 Å². The van der Waals surface area contributed by atoms with Crippen LogP contribution in [0.25, 0.3) is 16.8 Å². The summed E-state index contributed by atoms with van der Waals surface area (Å²) in [4.78, 5) is 0. The largest absolute Gasteiger partial charge is 0.496 e. The van der Waals surface area contributed by atoms with Crippen molar-refractivity contribution in [2.45, 2.75) is 45.4 Å². The summed E-state index contributed by atoms with van der Waals surface area (Å²) < 4.78 is 10.3. The van der Waals surface area contributed by atoms with Crippen molar-refractivity contribution in [3.63, 3.8) is 0 Å². The number of hydrogen-bond acceptors (Lipinski definition) is 1. The summed E-state index contributed by atoms with van der Waals surface area (Å²) >= 11 is 0. The second kappa shape index (κ2) is 5.72. The Balaban J connectivity index is 2.15. The first-order valence-corrected chi connectivity index (χ1v) is 9.58. The van der Waals surface area contributed by atoms with Crippen LogP contribution in [0.3, 0.4) is 0 Å². The van der Waals surface area contributed by atoms with E-state index in [0.717, 1.165) is 5.75 Å². The van der Waals surface area contributed by atoms with E-state index in [0.29, 0.717) is 0 Å². The van der Waals surface area contributed by atoms with Gasteiger partial charge >= 0.3 is 0 Å². The van der Waals surface area contributed by atoms with Crippen LogP contribution < -0.4 is 9.42 Å². The SMILES string of the molecule is COc1ccc2c(c1C)-n1c(c(-c3ccccc3)c[n+]1C)C(C)(C)C2(C)C. The first kappa shape index (κ1) is 17.8. The van der Waals surface area contributed by atoms with E-state index in [4.69, 9.17) is 4.74 Å². The van der Waals surface area contributed by atoms with E-state index >= 15 is 0 Å². The van der Waals surface area contributed by atoms with Crippen molar-refractivity contribution < 1.29 is 9.42 Å². The Morgan fingerprint density at radius 2 is 1.59 bits per heavy atom. The molecule has 4 rings (SSSR count). The molecule has 3 heteroatoms. The summed E-state index contributed by atoms with van der Waals surface area (Å²) in [5.41, 5.74) is 7.63. The highest BCUT2D eigenvalue weighted by atomic mass is 16.5. The van der Waals surface area contributed by atoms with E-state index in [-0.39, 0.29) is 10.8 Å². The minimum Gasteiger partial charge on any atom is -0.496 e. The lowest BCUT2D eigenvalue weighted by molar-refractivity contribution is -0.745. The number of aromatic nitrogens is 2. The van der Waals surface area contributed by atoms with Gasteiger partial charge in [0.2, 0.25) is 6.20 Å². The van der Waals surface area contributed by atoms with Crippen LogP contribution >= 0.6 is 0 Å². The molecule has 0 aliphatic carbocycles. The summed E-state index contributed by atoms with van der Waals surface area (Å²) in [5.74, 6) is 0.935. The van der Waals surface area contributed by atoms with E-state index in [1.54, 1.807) is 7.11 Å². The molecule has 1 aromatic heterocycles. The molecule has 0 unspecified atom stereocenters. The third-order valence-corrected chi connectivity index (χ3v) is 6.82. The molecule has 0 spiro atoms. The fourth-order valence-corrected chi connectivity index (χ4v) is 4.59. The number of methoxy groups -OCH3 is 1. The Morgan fingerprint density at radius 1 is 0.926 bits per heavy atom. The van der Waals surface area contributed by atoms with Gasteiger partial charge in [-0.15, -0.1) is 9.36 Å². The van der Waals surface area contributed by atoms with Gasteiger partial charge in [0.25, 0.3) is 0 Å². The van der Waals surface area contributed by atoms with Crippen LogP contribution in [0.1, 0.15) is 44.5 Å². The summed E-state index contributed by atoms with van der Waals surface area (Å²) in [7, 11) is 3.88. The number of fused-ring (bicyclic) bond motifs is 3. The summed E-state index contributed by atoms with van der Waals surface area (Å²) in [6, 6.07) is 15.1. The summed E-state index contributed by atoms with van der Waals surface area (Å²) in [5, 5.41) is 0. The minimum absolute atomic E-state index is 0.0236. The zero-order valence-electron chi connectivity index (χ0n) is 17.4. The number of nitrogens with zero attached hydrogens (tertiary/aromatic N) is 2. The van der Waals surface area contributed by atoms with Gasteiger partial charge in [0, 0.05) is 16.4 Å². The van der Waals surface area contributed by atoms with Crippen molar-refractivity contribution in [3.8, 4) is 22.6 Å². The lowest BCUT2D eigenvalue weighted by Gasteiger charge is -2.46. The van der Waals surface area contributed by atoms with Gasteiger partial charge in [-0.2, -0.15) is 0 Å². The van der Waals surface area contributed by atoms with Crippen LogP contribution in [0, 0.1) is 6.92 Å². The van der Waals surface area contributed by atoms with Gasteiger partial charge in [-0.3, -0.25) is 0 Å². The molecule has 3 aromatic rings. The lowest BCUT2D eigenvalue weighted by atomic mass is 9.59. The maximum atomic E-state index is 5.65. The Labute approximate surface area is 162 Å². The molecule has 1 aliphatic heterocycles. The molecule has 0 saturated heterocycles. The van der Waals surface area contributed by atoms with Crippen LogP contribution in [0.5, 0.6) is 5.75 Å². The van der Waals surface area contributed by atoms with E-state index in [9.17, 15) is 0 Å². The molecule has 3 nitrogen and oxygen atoms in total. The molecule has 0 radical (unpaired) electrons. The molecule has 0 saturated carbocycles. The van der Waals surface area contributed by atoms with E-state index in [1.807, 2.05) is 0 Å². The molecule has 140 valence electrons. The quantitative estimate of drug-likeness (QED) is 0.597. The molecule has 2 heterocycles. The van der Waals surface area contributed by atoms with E-state index in [2.05, 4.69) is 99.7 Å². The van der Waals surface area contributed by atoms with Crippen molar-refractivity contribution in [1.29, 1.82) is 0 Å². The Bertz CT molecular complexity index is 1030. The molecule has 0 bridgehead atoms. The topological polar surface area (TPSA) is 18.0 Å². The minimum atomic E-state index is -0.0482. The van der Waals surface area contributed by atoms with Gasteiger partial charge < -0.3 is 4.74 Å². The second-order valence-electron chi connectivity index (χ2n) is 8.68. The number of hydrogen-bond donors (Lipinski definition) is 0. The molecule has 0 fully saturated rings. The monoisotopic (exact) mass is 361 g/mol. The third kappa shape index (κ3) is 2.24. The highest BCUT2D eigenvalue weighted by Crippen LogP contribution is 2.53. The normalized spacial score (nSPS) is 16.6. The first-order chi connectivity index (χ1) is 12.7. The molecule has 0 amide bonds. The van der Waals surface area contributed by atoms with Crippen LogP contribution in [0.2, 0.25) is 0 Å². The lowest BCUT2D eigenvalue weighted by Crippen LogP contribution is -2.51. The fourth-order valence-electron chi connectivity index (χ4n) is 4.59. The van der Waals surface area contributed by atoms with Crippen LogP contribution in [0.4, 0.5) is 0 Å². The number of benzene rings is 2. The van der Waals surface area contributed by atoms with E-state index < -0.39 is 0 Å². The predicted octanol–water partition coefficient (Wildman–Crippen LogP) is 4.85. The fraction of sp³-hybridized carbons (Fsp3) is 0.375. The molecular formula is C24H29N2O+. The Hall–Kier alpha value is -2.55. The average Bonchev–Trinajstić information content (AvgIpc) is 2.99. The van der Waals surface area contributed by atoms with Gasteiger partial charge in [-0.1, -0.05) is 64.1 Å². The van der Waals surface area contributed by atoms with Gasteiger partial charge in [-0.05, 0) is 24.1 Å². The summed E-state index contributed by atoms with van der Waals surface area (Å²) in [6.07, 6.45) is 2.26. The maximum Gasteiger partial charge on any atom is 0.203 e. The number of aryl methyl sites for hydroxylation is 1. The zero-order valence-corrected chi connectivity index (χ0v) is 17.4. The zero-order chi connectivity index (χ0) is 19.6. The molecule has 2 aromatic carbocycles. The van der Waals surface area contributed by atoms with Crippen molar-refractivity contribution in [2.24, 2.45) is 7.05 Å². The molecule has 0 atom stereocenters. The van der Waals surface area contributed by atoms with Crippen LogP contribution in [0.15, 0.2) is 48.7 Å². The summed E-state index contributed by atoms with van der Waals surface area (Å²) in [6.45, 7) is 11.6. The third-order valence-electron chi connectivity index (χ3n) is 6.82. The second-order valence-corrected chi connectivity index (χ2v) is 8.68. The predicted molar refractivity (Wildman–Crippen MR) is 110 cm³/mol. The number of ether oxygens (including phenoxy) is 1.